The van der Waals surface area contributed by atoms with Gasteiger partial charge in [0.25, 0.3) is 0 Å². The highest BCUT2D eigenvalue weighted by atomic mass is 79.9. The van der Waals surface area contributed by atoms with Gasteiger partial charge in [-0.1, -0.05) is 6.07 Å². The Balaban J connectivity index is 2.02. The number of hydrogen-bond donors (Lipinski definition) is 0. The summed E-state index contributed by atoms with van der Waals surface area (Å²) in [6, 6.07) is 13.3. The van der Waals surface area contributed by atoms with Crippen molar-refractivity contribution in [2.24, 2.45) is 0 Å². The molecule has 4 heteroatoms. The molecule has 2 rings (SSSR count). The number of halogens is 1. The fraction of sp³-hybridized carbons (Fsp3) is 0.0833. The Morgan fingerprint density at radius 1 is 1.31 bits per heavy atom. The Kier molecular flexibility index (Phi) is 3.60. The minimum Gasteiger partial charge on any atom is -0.488 e. The first-order chi connectivity index (χ1) is 7.78. The molecule has 1 heterocycles. The van der Waals surface area contributed by atoms with Crippen LogP contribution in [0.15, 0.2) is 40.2 Å². The fourth-order valence-corrected chi connectivity index (χ4v) is 2.64. The highest BCUT2D eigenvalue weighted by Gasteiger charge is 2.00. The van der Waals surface area contributed by atoms with E-state index >= 15 is 0 Å². The molecule has 0 spiro atoms. The van der Waals surface area contributed by atoms with E-state index in [0.29, 0.717) is 12.2 Å². The maximum absolute atomic E-state index is 8.74. The molecule has 0 aliphatic heterocycles. The molecule has 0 unspecified atom stereocenters. The van der Waals surface area contributed by atoms with Crippen LogP contribution in [0.2, 0.25) is 0 Å². The monoisotopic (exact) mass is 293 g/mol. The van der Waals surface area contributed by atoms with E-state index in [9.17, 15) is 0 Å². The Hall–Kier alpha value is -1.31. The van der Waals surface area contributed by atoms with E-state index in [0.717, 1.165) is 14.4 Å². The Morgan fingerprint density at radius 3 is 2.88 bits per heavy atom. The predicted molar refractivity (Wildman–Crippen MR) is 67.5 cm³/mol. The number of thiophene rings is 1. The smallest absolute Gasteiger partial charge is 0.122 e. The summed E-state index contributed by atoms with van der Waals surface area (Å²) in [6.07, 6.45) is 0. The number of ether oxygens (including phenoxy) is 1. The molecule has 80 valence electrons. The summed E-state index contributed by atoms with van der Waals surface area (Å²) in [5.41, 5.74) is 0.616. The lowest BCUT2D eigenvalue weighted by molar-refractivity contribution is 0.310. The van der Waals surface area contributed by atoms with Crippen LogP contribution in [0, 0.1) is 11.3 Å². The van der Waals surface area contributed by atoms with E-state index in [1.165, 1.54) is 0 Å². The molecule has 1 aromatic heterocycles. The average molecular weight is 294 g/mol. The first kappa shape index (κ1) is 11.2. The van der Waals surface area contributed by atoms with Gasteiger partial charge in [-0.15, -0.1) is 11.3 Å². The van der Waals surface area contributed by atoms with E-state index in [1.54, 1.807) is 23.5 Å². The van der Waals surface area contributed by atoms with Crippen LogP contribution in [0.5, 0.6) is 5.75 Å². The van der Waals surface area contributed by atoms with Gasteiger partial charge >= 0.3 is 0 Å². The van der Waals surface area contributed by atoms with Crippen LogP contribution in [-0.2, 0) is 6.61 Å². The average Bonchev–Trinajstić information content (AvgIpc) is 2.73. The fourth-order valence-electron chi connectivity index (χ4n) is 1.24. The summed E-state index contributed by atoms with van der Waals surface area (Å²) >= 11 is 5.04. The van der Waals surface area contributed by atoms with Crippen LogP contribution < -0.4 is 4.74 Å². The third-order valence-electron chi connectivity index (χ3n) is 1.97. The highest BCUT2D eigenvalue weighted by Crippen LogP contribution is 2.23. The van der Waals surface area contributed by atoms with Crippen LogP contribution in [0.1, 0.15) is 10.4 Å². The molecule has 0 bridgehead atoms. The Labute approximate surface area is 106 Å². The van der Waals surface area contributed by atoms with Crippen molar-refractivity contribution < 1.29 is 4.74 Å². The maximum atomic E-state index is 8.74. The van der Waals surface area contributed by atoms with Crippen LogP contribution in [0.4, 0.5) is 0 Å². The summed E-state index contributed by atoms with van der Waals surface area (Å²) in [6.45, 7) is 0.533. The highest BCUT2D eigenvalue weighted by molar-refractivity contribution is 9.11. The van der Waals surface area contributed by atoms with Crippen molar-refractivity contribution >= 4 is 27.3 Å². The minimum atomic E-state index is 0.533. The molecular weight excluding hydrogens is 286 g/mol. The molecule has 2 aromatic rings. The van der Waals surface area contributed by atoms with Crippen LogP contribution >= 0.6 is 27.3 Å². The summed E-state index contributed by atoms with van der Waals surface area (Å²) in [5.74, 6) is 0.726. The lowest BCUT2D eigenvalue weighted by Crippen LogP contribution is -1.92. The molecule has 0 saturated carbocycles. The topological polar surface area (TPSA) is 33.0 Å². The van der Waals surface area contributed by atoms with Gasteiger partial charge in [0.15, 0.2) is 0 Å². The summed E-state index contributed by atoms with van der Waals surface area (Å²) in [7, 11) is 0. The third kappa shape index (κ3) is 2.84. The first-order valence-corrected chi connectivity index (χ1v) is 6.26. The molecule has 1 aromatic carbocycles. The quantitative estimate of drug-likeness (QED) is 0.858. The second-order valence-corrected chi connectivity index (χ2v) is 5.68. The van der Waals surface area contributed by atoms with Gasteiger partial charge in [0.1, 0.15) is 12.4 Å². The molecule has 16 heavy (non-hydrogen) atoms. The van der Waals surface area contributed by atoms with E-state index in [-0.39, 0.29) is 0 Å². The van der Waals surface area contributed by atoms with Gasteiger partial charge in [-0.25, -0.2) is 0 Å². The second kappa shape index (κ2) is 5.15. The second-order valence-electron chi connectivity index (χ2n) is 3.13. The summed E-state index contributed by atoms with van der Waals surface area (Å²) in [4.78, 5) is 1.15. The standard InChI is InChI=1S/C12H8BrNOS/c13-12-5-4-11(16-12)8-15-10-3-1-2-9(6-10)7-14/h1-6H,8H2. The van der Waals surface area contributed by atoms with Crippen molar-refractivity contribution in [1.82, 2.24) is 0 Å². The largest absolute Gasteiger partial charge is 0.488 e. The van der Waals surface area contributed by atoms with Gasteiger partial charge in [-0.05, 0) is 46.3 Å². The Morgan fingerprint density at radius 2 is 2.19 bits per heavy atom. The van der Waals surface area contributed by atoms with Gasteiger partial charge in [-0.2, -0.15) is 5.26 Å². The van der Waals surface area contributed by atoms with Crippen molar-refractivity contribution in [3.8, 4) is 11.8 Å². The van der Waals surface area contributed by atoms with Gasteiger partial charge < -0.3 is 4.74 Å². The van der Waals surface area contributed by atoms with Crippen molar-refractivity contribution in [2.45, 2.75) is 6.61 Å². The number of hydrogen-bond acceptors (Lipinski definition) is 3. The number of nitrogens with zero attached hydrogens (tertiary/aromatic N) is 1. The zero-order valence-electron chi connectivity index (χ0n) is 8.31. The molecular formula is C12H8BrNOS. The number of nitriles is 1. The predicted octanol–water partition coefficient (Wildman–Crippen LogP) is 3.96. The van der Waals surface area contributed by atoms with Crippen molar-refractivity contribution in [1.29, 1.82) is 5.26 Å². The zero-order valence-corrected chi connectivity index (χ0v) is 10.7. The molecule has 0 amide bonds. The summed E-state index contributed by atoms with van der Waals surface area (Å²) < 4.78 is 6.68. The lowest BCUT2D eigenvalue weighted by atomic mass is 10.2. The molecule has 0 radical (unpaired) electrons. The lowest BCUT2D eigenvalue weighted by Gasteiger charge is -2.04. The van der Waals surface area contributed by atoms with E-state index in [2.05, 4.69) is 22.0 Å². The molecule has 0 aliphatic carbocycles. The van der Waals surface area contributed by atoms with Gasteiger partial charge in [0.2, 0.25) is 0 Å². The zero-order chi connectivity index (χ0) is 11.4. The maximum Gasteiger partial charge on any atom is 0.122 e. The van der Waals surface area contributed by atoms with E-state index in [1.807, 2.05) is 24.3 Å². The minimum absolute atomic E-state index is 0.533. The van der Waals surface area contributed by atoms with Crippen molar-refractivity contribution in [3.63, 3.8) is 0 Å². The molecule has 0 N–H and O–H groups in total. The SMILES string of the molecule is N#Cc1cccc(OCc2ccc(Br)s2)c1. The van der Waals surface area contributed by atoms with Crippen molar-refractivity contribution in [2.75, 3.05) is 0 Å². The van der Waals surface area contributed by atoms with E-state index < -0.39 is 0 Å². The third-order valence-corrected chi connectivity index (χ3v) is 3.57. The van der Waals surface area contributed by atoms with Crippen LogP contribution in [0.3, 0.4) is 0 Å². The molecule has 0 aliphatic rings. The summed E-state index contributed by atoms with van der Waals surface area (Å²) in [5, 5.41) is 8.74. The first-order valence-electron chi connectivity index (χ1n) is 4.65. The van der Waals surface area contributed by atoms with E-state index in [4.69, 9.17) is 10.00 Å². The van der Waals surface area contributed by atoms with Gasteiger partial charge in [-0.3, -0.25) is 0 Å². The van der Waals surface area contributed by atoms with Crippen LogP contribution in [0.25, 0.3) is 0 Å². The van der Waals surface area contributed by atoms with Crippen molar-refractivity contribution in [3.05, 3.63) is 50.6 Å². The molecule has 0 atom stereocenters. The number of rotatable bonds is 3. The molecule has 2 nitrogen and oxygen atoms in total. The Bertz CT molecular complexity index is 530. The van der Waals surface area contributed by atoms with Crippen LogP contribution in [-0.4, -0.2) is 0 Å². The van der Waals surface area contributed by atoms with Gasteiger partial charge in [0.05, 0.1) is 15.4 Å². The number of benzene rings is 1. The molecule has 0 saturated heterocycles. The van der Waals surface area contributed by atoms with Gasteiger partial charge in [0, 0.05) is 4.88 Å². The molecule has 0 fully saturated rings. The normalized spacial score (nSPS) is 9.75.